The summed E-state index contributed by atoms with van der Waals surface area (Å²) in [5, 5.41) is 6.86. The first-order chi connectivity index (χ1) is 11.2. The Kier molecular flexibility index (Phi) is 6.62. The number of esters is 1. The third-order valence-electron chi connectivity index (χ3n) is 3.00. The highest BCUT2D eigenvalue weighted by molar-refractivity contribution is 7.07. The van der Waals surface area contributed by atoms with Crippen LogP contribution in [0.15, 0.2) is 41.1 Å². The van der Waals surface area contributed by atoms with Gasteiger partial charge in [0, 0.05) is 18.2 Å². The number of rotatable bonds is 8. The minimum absolute atomic E-state index is 0.0567. The molecule has 0 radical (unpaired) electrons. The van der Waals surface area contributed by atoms with Crippen LogP contribution in [-0.4, -0.2) is 25.1 Å². The van der Waals surface area contributed by atoms with Gasteiger partial charge in [-0.2, -0.15) is 11.3 Å². The number of hydrogen-bond donors (Lipinski definition) is 1. The van der Waals surface area contributed by atoms with Gasteiger partial charge in [-0.25, -0.2) is 4.79 Å². The summed E-state index contributed by atoms with van der Waals surface area (Å²) in [5.74, 6) is 0.0325. The molecule has 1 amide bonds. The minimum Gasteiger partial charge on any atom is -0.482 e. The van der Waals surface area contributed by atoms with Crippen LogP contribution in [0.3, 0.4) is 0 Å². The van der Waals surface area contributed by atoms with E-state index in [1.54, 1.807) is 42.5 Å². The van der Waals surface area contributed by atoms with Gasteiger partial charge in [0.15, 0.2) is 6.61 Å². The zero-order valence-corrected chi connectivity index (χ0v) is 13.7. The molecule has 0 saturated carbocycles. The van der Waals surface area contributed by atoms with Crippen LogP contribution in [0.1, 0.15) is 18.9 Å². The van der Waals surface area contributed by atoms with E-state index in [0.717, 1.165) is 5.56 Å². The lowest BCUT2D eigenvalue weighted by atomic mass is 10.2. The van der Waals surface area contributed by atoms with Gasteiger partial charge in [-0.05, 0) is 47.9 Å². The summed E-state index contributed by atoms with van der Waals surface area (Å²) in [6.07, 6.45) is 1.14. The summed E-state index contributed by atoms with van der Waals surface area (Å²) in [5.41, 5.74) is 1.80. The molecule has 122 valence electrons. The highest BCUT2D eigenvalue weighted by Gasteiger charge is 2.06. The number of aryl methyl sites for hydroxylation is 1. The quantitative estimate of drug-likeness (QED) is 0.753. The molecule has 1 aromatic heterocycles. The standard InChI is InChI=1S/C17H19NO4S/c1-2-21-17(20)11-22-15-5-3-4-14(10-15)18-16(19)7-6-13-8-9-23-12-13/h3-5,8-10,12H,2,6-7,11H2,1H3,(H,18,19). The van der Waals surface area contributed by atoms with Crippen molar-refractivity contribution in [2.45, 2.75) is 19.8 Å². The molecule has 1 heterocycles. The highest BCUT2D eigenvalue weighted by Crippen LogP contribution is 2.18. The average Bonchev–Trinajstić information content (AvgIpc) is 3.05. The summed E-state index contributed by atoms with van der Waals surface area (Å²) in [6.45, 7) is 1.91. The summed E-state index contributed by atoms with van der Waals surface area (Å²) in [4.78, 5) is 23.2. The highest BCUT2D eigenvalue weighted by atomic mass is 32.1. The fraction of sp³-hybridized carbons (Fsp3) is 0.294. The van der Waals surface area contributed by atoms with Gasteiger partial charge in [0.1, 0.15) is 5.75 Å². The lowest BCUT2D eigenvalue weighted by molar-refractivity contribution is -0.145. The van der Waals surface area contributed by atoms with Crippen molar-refractivity contribution in [1.29, 1.82) is 0 Å². The molecule has 2 aromatic rings. The molecule has 0 bridgehead atoms. The normalized spacial score (nSPS) is 10.1. The van der Waals surface area contributed by atoms with Crippen LogP contribution in [0, 0.1) is 0 Å². The zero-order valence-electron chi connectivity index (χ0n) is 12.9. The first-order valence-electron chi connectivity index (χ1n) is 7.37. The number of carbonyl (C=O) groups is 2. The molecule has 0 aliphatic rings. The number of thiophene rings is 1. The Morgan fingerprint density at radius 3 is 2.87 bits per heavy atom. The molecule has 5 nitrogen and oxygen atoms in total. The van der Waals surface area contributed by atoms with E-state index in [9.17, 15) is 9.59 Å². The molecule has 1 aromatic carbocycles. The number of benzene rings is 1. The van der Waals surface area contributed by atoms with E-state index in [2.05, 4.69) is 5.32 Å². The smallest absolute Gasteiger partial charge is 0.344 e. The van der Waals surface area contributed by atoms with Crippen molar-refractivity contribution in [3.05, 3.63) is 46.7 Å². The van der Waals surface area contributed by atoms with E-state index in [1.165, 1.54) is 0 Å². The van der Waals surface area contributed by atoms with Gasteiger partial charge in [-0.15, -0.1) is 0 Å². The van der Waals surface area contributed by atoms with Crippen molar-refractivity contribution in [2.75, 3.05) is 18.5 Å². The molecule has 23 heavy (non-hydrogen) atoms. The monoisotopic (exact) mass is 333 g/mol. The van der Waals surface area contributed by atoms with E-state index in [1.807, 2.05) is 16.8 Å². The number of anilines is 1. The molecule has 1 N–H and O–H groups in total. The Labute approximate surface area is 139 Å². The maximum atomic E-state index is 11.9. The van der Waals surface area contributed by atoms with Crippen molar-refractivity contribution in [1.82, 2.24) is 0 Å². The van der Waals surface area contributed by atoms with Gasteiger partial charge < -0.3 is 14.8 Å². The van der Waals surface area contributed by atoms with Crippen LogP contribution in [0.2, 0.25) is 0 Å². The van der Waals surface area contributed by atoms with Crippen LogP contribution in [0.5, 0.6) is 5.75 Å². The molecular weight excluding hydrogens is 314 g/mol. The van der Waals surface area contributed by atoms with E-state index in [-0.39, 0.29) is 12.5 Å². The third kappa shape index (κ3) is 6.12. The number of ether oxygens (including phenoxy) is 2. The number of carbonyl (C=O) groups excluding carboxylic acids is 2. The van der Waals surface area contributed by atoms with E-state index in [4.69, 9.17) is 9.47 Å². The summed E-state index contributed by atoms with van der Waals surface area (Å²) < 4.78 is 10.1. The van der Waals surface area contributed by atoms with Crippen molar-refractivity contribution in [3.63, 3.8) is 0 Å². The van der Waals surface area contributed by atoms with Crippen LogP contribution >= 0.6 is 11.3 Å². The maximum Gasteiger partial charge on any atom is 0.344 e. The van der Waals surface area contributed by atoms with E-state index >= 15 is 0 Å². The van der Waals surface area contributed by atoms with Gasteiger partial charge >= 0.3 is 5.97 Å². The fourth-order valence-corrected chi connectivity index (χ4v) is 2.63. The van der Waals surface area contributed by atoms with Crippen molar-refractivity contribution in [2.24, 2.45) is 0 Å². The number of amides is 1. The van der Waals surface area contributed by atoms with Gasteiger partial charge in [0.25, 0.3) is 0 Å². The summed E-state index contributed by atoms with van der Waals surface area (Å²) in [7, 11) is 0. The molecule has 2 rings (SSSR count). The predicted octanol–water partition coefficient (Wildman–Crippen LogP) is 3.26. The van der Waals surface area contributed by atoms with Crippen LogP contribution in [0.25, 0.3) is 0 Å². The first kappa shape index (κ1) is 17.0. The largest absolute Gasteiger partial charge is 0.482 e. The average molecular weight is 333 g/mol. The SMILES string of the molecule is CCOC(=O)COc1cccc(NC(=O)CCc2ccsc2)c1. The second-order valence-electron chi connectivity index (χ2n) is 4.80. The molecule has 6 heteroatoms. The third-order valence-corrected chi connectivity index (χ3v) is 3.73. The van der Waals surface area contributed by atoms with E-state index < -0.39 is 5.97 Å². The Morgan fingerprint density at radius 2 is 2.13 bits per heavy atom. The predicted molar refractivity (Wildman–Crippen MR) is 89.8 cm³/mol. The number of nitrogens with one attached hydrogen (secondary N) is 1. The van der Waals surface area contributed by atoms with Crippen molar-refractivity contribution in [3.8, 4) is 5.75 Å². The van der Waals surface area contributed by atoms with E-state index in [0.29, 0.717) is 30.9 Å². The molecule has 0 spiro atoms. The molecule has 0 unspecified atom stereocenters. The summed E-state index contributed by atoms with van der Waals surface area (Å²) in [6, 6.07) is 8.96. The Hall–Kier alpha value is -2.34. The van der Waals surface area contributed by atoms with Crippen molar-refractivity contribution >= 4 is 28.9 Å². The van der Waals surface area contributed by atoms with Gasteiger partial charge in [-0.3, -0.25) is 4.79 Å². The molecule has 0 saturated heterocycles. The fourth-order valence-electron chi connectivity index (χ4n) is 1.92. The second-order valence-corrected chi connectivity index (χ2v) is 5.58. The van der Waals surface area contributed by atoms with Gasteiger partial charge in [-0.1, -0.05) is 6.07 Å². The van der Waals surface area contributed by atoms with Crippen molar-refractivity contribution < 1.29 is 19.1 Å². The van der Waals surface area contributed by atoms with Crippen LogP contribution in [-0.2, 0) is 20.7 Å². The number of hydrogen-bond acceptors (Lipinski definition) is 5. The molecule has 0 atom stereocenters. The molecule has 0 aliphatic heterocycles. The Morgan fingerprint density at radius 1 is 1.26 bits per heavy atom. The first-order valence-corrected chi connectivity index (χ1v) is 8.31. The molecular formula is C17H19NO4S. The Balaban J connectivity index is 1.81. The maximum absolute atomic E-state index is 11.9. The summed E-state index contributed by atoms with van der Waals surface area (Å²) >= 11 is 1.62. The van der Waals surface area contributed by atoms with Crippen LogP contribution in [0.4, 0.5) is 5.69 Å². The molecule has 0 fully saturated rings. The molecule has 0 aliphatic carbocycles. The minimum atomic E-state index is -0.419. The van der Waals surface area contributed by atoms with Gasteiger partial charge in [0.05, 0.1) is 6.61 Å². The lowest BCUT2D eigenvalue weighted by Crippen LogP contribution is -2.15. The topological polar surface area (TPSA) is 64.6 Å². The van der Waals surface area contributed by atoms with Gasteiger partial charge in [0.2, 0.25) is 5.91 Å². The Bertz CT molecular complexity index is 640. The van der Waals surface area contributed by atoms with Crippen LogP contribution < -0.4 is 10.1 Å². The lowest BCUT2D eigenvalue weighted by Gasteiger charge is -2.09. The second kappa shape index (κ2) is 8.95. The zero-order chi connectivity index (χ0) is 16.5.